The number of carbonyl (C=O) groups is 1. The molecule has 3 heteroatoms. The number of unbranched alkanes of at least 4 members (excludes halogenated alkanes) is 2. The summed E-state index contributed by atoms with van der Waals surface area (Å²) in [5, 5.41) is 0. The predicted octanol–water partition coefficient (Wildman–Crippen LogP) is 2.76. The van der Waals surface area contributed by atoms with Gasteiger partial charge in [-0.3, -0.25) is 4.79 Å². The molecule has 2 N–H and O–H groups in total. The highest BCUT2D eigenvalue weighted by Crippen LogP contribution is 2.17. The minimum atomic E-state index is 0.278. The molecule has 0 radical (unpaired) electrons. The third-order valence-electron chi connectivity index (χ3n) is 2.12. The second-order valence-electron chi connectivity index (χ2n) is 3.43. The van der Waals surface area contributed by atoms with Crippen molar-refractivity contribution in [2.45, 2.75) is 32.6 Å². The number of nitrogens with two attached hydrogens (primary N) is 1. The number of carbonyl (C=O) groups excluding carboxylic acids is 1. The molecule has 1 aromatic rings. The summed E-state index contributed by atoms with van der Waals surface area (Å²) >= 11 is 1.59. The first kappa shape index (κ1) is 11.4. The van der Waals surface area contributed by atoms with Crippen LogP contribution in [0.15, 0.2) is 12.1 Å². The molecule has 0 aliphatic heterocycles. The lowest BCUT2D eigenvalue weighted by Gasteiger charge is -1.97. The van der Waals surface area contributed by atoms with Gasteiger partial charge in [0.25, 0.3) is 0 Å². The lowest BCUT2D eigenvalue weighted by atomic mass is 10.1. The van der Waals surface area contributed by atoms with Crippen molar-refractivity contribution in [2.24, 2.45) is 5.73 Å². The van der Waals surface area contributed by atoms with Crippen molar-refractivity contribution < 1.29 is 4.79 Å². The van der Waals surface area contributed by atoms with Gasteiger partial charge < -0.3 is 5.73 Å². The van der Waals surface area contributed by atoms with Crippen LogP contribution in [0.25, 0.3) is 0 Å². The first-order valence-corrected chi connectivity index (χ1v) is 5.85. The minimum absolute atomic E-state index is 0.278. The fraction of sp³-hybridized carbons (Fsp3) is 0.545. The van der Waals surface area contributed by atoms with Gasteiger partial charge >= 0.3 is 0 Å². The highest BCUT2D eigenvalue weighted by molar-refractivity contribution is 7.14. The highest BCUT2D eigenvalue weighted by atomic mass is 32.1. The topological polar surface area (TPSA) is 43.1 Å². The first-order chi connectivity index (χ1) is 6.74. The van der Waals surface area contributed by atoms with Gasteiger partial charge in [0.2, 0.25) is 0 Å². The number of ketones is 1. The molecule has 0 unspecified atom stereocenters. The largest absolute Gasteiger partial charge is 0.330 e. The molecule has 1 aromatic heterocycles. The van der Waals surface area contributed by atoms with Gasteiger partial charge in [-0.1, -0.05) is 6.42 Å². The van der Waals surface area contributed by atoms with Crippen molar-refractivity contribution in [1.29, 1.82) is 0 Å². The van der Waals surface area contributed by atoms with E-state index in [0.29, 0.717) is 6.42 Å². The van der Waals surface area contributed by atoms with Crippen molar-refractivity contribution in [1.82, 2.24) is 0 Å². The van der Waals surface area contributed by atoms with Crippen molar-refractivity contribution in [2.75, 3.05) is 6.54 Å². The van der Waals surface area contributed by atoms with Gasteiger partial charge in [0, 0.05) is 11.3 Å². The van der Waals surface area contributed by atoms with Gasteiger partial charge in [0.1, 0.15) is 0 Å². The van der Waals surface area contributed by atoms with E-state index in [9.17, 15) is 4.79 Å². The van der Waals surface area contributed by atoms with E-state index in [0.717, 1.165) is 30.7 Å². The molecule has 0 saturated carbocycles. The molecule has 0 aliphatic rings. The average Bonchev–Trinajstić information content (AvgIpc) is 2.59. The number of rotatable bonds is 6. The van der Waals surface area contributed by atoms with Crippen molar-refractivity contribution >= 4 is 17.1 Å². The van der Waals surface area contributed by atoms with Crippen molar-refractivity contribution in [3.05, 3.63) is 21.9 Å². The van der Waals surface area contributed by atoms with Crippen LogP contribution in [0.2, 0.25) is 0 Å². The lowest BCUT2D eigenvalue weighted by Crippen LogP contribution is -2.00. The molecule has 1 heterocycles. The van der Waals surface area contributed by atoms with Crippen molar-refractivity contribution in [3.8, 4) is 0 Å². The fourth-order valence-electron chi connectivity index (χ4n) is 1.31. The molecule has 0 aliphatic carbocycles. The monoisotopic (exact) mass is 211 g/mol. The third kappa shape index (κ3) is 3.60. The van der Waals surface area contributed by atoms with Crippen molar-refractivity contribution in [3.63, 3.8) is 0 Å². The van der Waals surface area contributed by atoms with Gasteiger partial charge in [0.05, 0.1) is 4.88 Å². The summed E-state index contributed by atoms with van der Waals surface area (Å²) in [6, 6.07) is 3.92. The minimum Gasteiger partial charge on any atom is -0.330 e. The number of hydrogen-bond donors (Lipinski definition) is 1. The number of hydrogen-bond acceptors (Lipinski definition) is 3. The zero-order chi connectivity index (χ0) is 10.4. The molecule has 0 fully saturated rings. The first-order valence-electron chi connectivity index (χ1n) is 5.03. The summed E-state index contributed by atoms with van der Waals surface area (Å²) in [6.45, 7) is 2.75. The molecule has 0 saturated heterocycles. The standard InChI is InChI=1S/C11H17NOS/c1-9-6-7-11(14-9)10(13)5-3-2-4-8-12/h6-7H,2-5,8,12H2,1H3. The van der Waals surface area contributed by atoms with Crippen LogP contribution in [0.1, 0.15) is 40.2 Å². The van der Waals surface area contributed by atoms with Gasteiger partial charge in [-0.15, -0.1) is 11.3 Å². The van der Waals surface area contributed by atoms with Crippen LogP contribution in [0, 0.1) is 6.92 Å². The molecule has 0 aromatic carbocycles. The summed E-state index contributed by atoms with van der Waals surface area (Å²) in [6.07, 6.45) is 3.72. The van der Waals surface area contributed by atoms with Crippen LogP contribution >= 0.6 is 11.3 Å². The second kappa shape index (κ2) is 5.94. The number of thiophene rings is 1. The normalized spacial score (nSPS) is 10.4. The van der Waals surface area contributed by atoms with E-state index in [1.165, 1.54) is 4.88 Å². The van der Waals surface area contributed by atoms with Crippen LogP contribution in [0.5, 0.6) is 0 Å². The van der Waals surface area contributed by atoms with E-state index >= 15 is 0 Å². The summed E-state index contributed by atoms with van der Waals surface area (Å²) in [7, 11) is 0. The Kier molecular flexibility index (Phi) is 4.84. The Bertz CT molecular complexity index is 293. The van der Waals surface area contributed by atoms with E-state index in [1.807, 2.05) is 19.1 Å². The Morgan fingerprint density at radius 3 is 2.71 bits per heavy atom. The lowest BCUT2D eigenvalue weighted by molar-refractivity contribution is 0.0983. The Hall–Kier alpha value is -0.670. The van der Waals surface area contributed by atoms with E-state index in [2.05, 4.69) is 0 Å². The molecule has 78 valence electrons. The van der Waals surface area contributed by atoms with Crippen LogP contribution in [0.3, 0.4) is 0 Å². The summed E-state index contributed by atoms with van der Waals surface area (Å²) in [5.41, 5.74) is 5.38. The van der Waals surface area contributed by atoms with Crippen LogP contribution in [-0.4, -0.2) is 12.3 Å². The molecule has 2 nitrogen and oxygen atoms in total. The molecule has 14 heavy (non-hydrogen) atoms. The number of aryl methyl sites for hydroxylation is 1. The maximum atomic E-state index is 11.6. The smallest absolute Gasteiger partial charge is 0.172 e. The summed E-state index contributed by atoms with van der Waals surface area (Å²) in [4.78, 5) is 13.7. The molecule has 0 atom stereocenters. The molecule has 0 spiro atoms. The summed E-state index contributed by atoms with van der Waals surface area (Å²) < 4.78 is 0. The van der Waals surface area contributed by atoms with E-state index in [4.69, 9.17) is 5.73 Å². The van der Waals surface area contributed by atoms with E-state index in [1.54, 1.807) is 11.3 Å². The van der Waals surface area contributed by atoms with Gasteiger partial charge in [0.15, 0.2) is 5.78 Å². The fourth-order valence-corrected chi connectivity index (χ4v) is 2.15. The van der Waals surface area contributed by atoms with Crippen LogP contribution < -0.4 is 5.73 Å². The predicted molar refractivity (Wildman–Crippen MR) is 60.9 cm³/mol. The Labute approximate surface area is 89.1 Å². The second-order valence-corrected chi connectivity index (χ2v) is 4.72. The highest BCUT2D eigenvalue weighted by Gasteiger charge is 2.06. The molecule has 0 bridgehead atoms. The van der Waals surface area contributed by atoms with Gasteiger partial charge in [-0.25, -0.2) is 0 Å². The Morgan fingerprint density at radius 1 is 1.36 bits per heavy atom. The van der Waals surface area contributed by atoms with Crippen LogP contribution in [-0.2, 0) is 0 Å². The third-order valence-corrected chi connectivity index (χ3v) is 3.16. The number of Topliss-reactive ketones (excluding diaryl/α,β-unsaturated/α-hetero) is 1. The van der Waals surface area contributed by atoms with Crippen LogP contribution in [0.4, 0.5) is 0 Å². The Balaban J connectivity index is 2.29. The molecule has 1 rings (SSSR count). The van der Waals surface area contributed by atoms with E-state index < -0.39 is 0 Å². The van der Waals surface area contributed by atoms with Gasteiger partial charge in [-0.05, 0) is 38.4 Å². The quantitative estimate of drug-likeness (QED) is 0.581. The summed E-state index contributed by atoms with van der Waals surface area (Å²) in [5.74, 6) is 0.278. The molecule has 0 amide bonds. The average molecular weight is 211 g/mol. The molecular formula is C11H17NOS. The zero-order valence-corrected chi connectivity index (χ0v) is 9.40. The maximum absolute atomic E-state index is 11.6. The van der Waals surface area contributed by atoms with E-state index in [-0.39, 0.29) is 5.78 Å². The maximum Gasteiger partial charge on any atom is 0.172 e. The van der Waals surface area contributed by atoms with Gasteiger partial charge in [-0.2, -0.15) is 0 Å². The zero-order valence-electron chi connectivity index (χ0n) is 8.58. The molecular weight excluding hydrogens is 194 g/mol. The Morgan fingerprint density at radius 2 is 2.14 bits per heavy atom. The SMILES string of the molecule is Cc1ccc(C(=O)CCCCCN)s1.